The molecule has 0 amide bonds. The van der Waals surface area contributed by atoms with Gasteiger partial charge in [0.05, 0.1) is 11.0 Å². The van der Waals surface area contributed by atoms with Crippen molar-refractivity contribution in [3.63, 3.8) is 0 Å². The molecule has 0 saturated heterocycles. The second kappa shape index (κ2) is 11.8. The summed E-state index contributed by atoms with van der Waals surface area (Å²) in [4.78, 5) is 0. The Morgan fingerprint density at radius 2 is 0.846 bits per heavy atom. The van der Waals surface area contributed by atoms with Crippen molar-refractivity contribution in [3.05, 3.63) is 199 Å². The first kappa shape index (κ1) is 30.4. The Labute approximate surface area is 305 Å². The van der Waals surface area contributed by atoms with E-state index >= 15 is 0 Å². The average molecular weight is 664 g/mol. The number of hydrogen-bond donors (Lipinski definition) is 0. The van der Waals surface area contributed by atoms with Crippen molar-refractivity contribution < 1.29 is 0 Å². The molecule has 0 unspecified atom stereocenters. The number of para-hydroxylation sites is 1. The molecule has 1 heteroatoms. The second-order valence-electron chi connectivity index (χ2n) is 14.6. The molecule has 1 aliphatic carbocycles. The maximum atomic E-state index is 2.46. The fraction of sp³-hybridized carbons (Fsp3) is 0.0588. The third-order valence-corrected chi connectivity index (χ3v) is 11.2. The van der Waals surface area contributed by atoms with Gasteiger partial charge >= 0.3 is 0 Å². The number of aromatic nitrogens is 1. The van der Waals surface area contributed by atoms with E-state index < -0.39 is 0 Å². The number of benzene rings is 8. The van der Waals surface area contributed by atoms with Gasteiger partial charge in [-0.1, -0.05) is 159 Å². The highest BCUT2D eigenvalue weighted by atomic mass is 15.0. The highest BCUT2D eigenvalue weighted by molar-refractivity contribution is 6.10. The lowest BCUT2D eigenvalue weighted by molar-refractivity contribution is 0.660. The van der Waals surface area contributed by atoms with E-state index in [1.807, 2.05) is 0 Å². The van der Waals surface area contributed by atoms with Crippen molar-refractivity contribution in [2.45, 2.75) is 19.3 Å². The molecule has 0 radical (unpaired) electrons. The van der Waals surface area contributed by atoms with Crippen LogP contribution in [0.4, 0.5) is 0 Å². The van der Waals surface area contributed by atoms with Crippen molar-refractivity contribution in [2.75, 3.05) is 0 Å². The Hall–Kier alpha value is -6.44. The molecule has 0 spiro atoms. The summed E-state index contributed by atoms with van der Waals surface area (Å²) in [6.45, 7) is 4.70. The lowest BCUT2D eigenvalue weighted by Crippen LogP contribution is -2.14. The van der Waals surface area contributed by atoms with Crippen molar-refractivity contribution in [1.29, 1.82) is 0 Å². The van der Waals surface area contributed by atoms with Crippen molar-refractivity contribution in [1.82, 2.24) is 4.57 Å². The van der Waals surface area contributed by atoms with Crippen LogP contribution in [0.5, 0.6) is 0 Å². The summed E-state index contributed by atoms with van der Waals surface area (Å²) in [5.74, 6) is 0. The van der Waals surface area contributed by atoms with Crippen LogP contribution < -0.4 is 0 Å². The van der Waals surface area contributed by atoms with Crippen LogP contribution in [-0.4, -0.2) is 4.57 Å². The van der Waals surface area contributed by atoms with E-state index in [2.05, 4.69) is 206 Å². The molecule has 9 aromatic rings. The van der Waals surface area contributed by atoms with E-state index in [0.29, 0.717) is 0 Å². The van der Waals surface area contributed by atoms with E-state index in [0.717, 1.165) is 5.69 Å². The van der Waals surface area contributed by atoms with Gasteiger partial charge in [-0.25, -0.2) is 0 Å². The summed E-state index contributed by atoms with van der Waals surface area (Å²) >= 11 is 0. The zero-order valence-corrected chi connectivity index (χ0v) is 29.3. The summed E-state index contributed by atoms with van der Waals surface area (Å²) in [7, 11) is 0. The van der Waals surface area contributed by atoms with E-state index in [4.69, 9.17) is 0 Å². The van der Waals surface area contributed by atoms with Crippen LogP contribution >= 0.6 is 0 Å². The first-order valence-corrected chi connectivity index (χ1v) is 18.2. The highest BCUT2D eigenvalue weighted by Gasteiger charge is 2.35. The van der Waals surface area contributed by atoms with Gasteiger partial charge in [0.25, 0.3) is 0 Å². The number of rotatable bonds is 5. The molecule has 0 aliphatic heterocycles. The van der Waals surface area contributed by atoms with Gasteiger partial charge in [-0.05, 0) is 109 Å². The minimum Gasteiger partial charge on any atom is -0.309 e. The molecule has 10 rings (SSSR count). The monoisotopic (exact) mass is 663 g/mol. The molecule has 1 aliphatic rings. The topological polar surface area (TPSA) is 4.93 Å². The molecule has 0 N–H and O–H groups in total. The van der Waals surface area contributed by atoms with E-state index in [9.17, 15) is 0 Å². The van der Waals surface area contributed by atoms with Gasteiger partial charge in [-0.3, -0.25) is 0 Å². The molecule has 0 fully saturated rings. The maximum Gasteiger partial charge on any atom is 0.0547 e. The van der Waals surface area contributed by atoms with Crippen LogP contribution in [0.25, 0.3) is 83.1 Å². The smallest absolute Gasteiger partial charge is 0.0547 e. The molecule has 52 heavy (non-hydrogen) atoms. The summed E-state index contributed by atoms with van der Waals surface area (Å²) in [5.41, 5.74) is 18.8. The highest BCUT2D eigenvalue weighted by Crippen LogP contribution is 2.49. The van der Waals surface area contributed by atoms with E-state index in [-0.39, 0.29) is 5.41 Å². The molecule has 1 nitrogen and oxygen atoms in total. The van der Waals surface area contributed by atoms with Crippen LogP contribution in [0.1, 0.15) is 25.0 Å². The standard InChI is InChI=1S/C51H37N/c1-51(2)47-22-11-9-20-43(47)44-26-24-38(32-48(44)51)36-18-13-19-37(28-36)39-25-27-46-45-21-10-12-23-49(45)52(50(46)33-39)42-30-40(34-14-5-3-6-15-34)29-41(31-42)35-16-7-4-8-17-35/h3-33H,1-2H3. The summed E-state index contributed by atoms with van der Waals surface area (Å²) in [6, 6.07) is 69.2. The first-order chi connectivity index (χ1) is 25.5. The molecule has 1 aromatic heterocycles. The normalized spacial score (nSPS) is 13.0. The molecule has 0 saturated carbocycles. The molecule has 0 atom stereocenters. The molecular formula is C51H37N. The fourth-order valence-electron chi connectivity index (χ4n) is 8.53. The van der Waals surface area contributed by atoms with Gasteiger partial charge in [-0.2, -0.15) is 0 Å². The van der Waals surface area contributed by atoms with Gasteiger partial charge in [0.15, 0.2) is 0 Å². The Balaban J connectivity index is 1.13. The van der Waals surface area contributed by atoms with Crippen molar-refractivity contribution in [2.24, 2.45) is 0 Å². The molecule has 0 bridgehead atoms. The molecular weight excluding hydrogens is 627 g/mol. The van der Waals surface area contributed by atoms with Crippen LogP contribution in [0, 0.1) is 0 Å². The van der Waals surface area contributed by atoms with Crippen LogP contribution in [0.15, 0.2) is 188 Å². The maximum absolute atomic E-state index is 2.46. The minimum atomic E-state index is -0.0316. The number of fused-ring (bicyclic) bond motifs is 6. The zero-order chi connectivity index (χ0) is 34.8. The van der Waals surface area contributed by atoms with Crippen LogP contribution in [0.2, 0.25) is 0 Å². The molecule has 246 valence electrons. The number of nitrogens with zero attached hydrogens (tertiary/aromatic N) is 1. The minimum absolute atomic E-state index is 0.0316. The third-order valence-electron chi connectivity index (χ3n) is 11.2. The summed E-state index contributed by atoms with van der Waals surface area (Å²) in [5, 5.41) is 2.51. The molecule has 1 heterocycles. The van der Waals surface area contributed by atoms with Crippen LogP contribution in [-0.2, 0) is 5.41 Å². The number of hydrogen-bond acceptors (Lipinski definition) is 0. The summed E-state index contributed by atoms with van der Waals surface area (Å²) in [6.07, 6.45) is 0. The average Bonchev–Trinajstić information content (AvgIpc) is 3.66. The van der Waals surface area contributed by atoms with Gasteiger partial charge in [-0.15, -0.1) is 0 Å². The SMILES string of the molecule is CC1(C)c2ccccc2-c2ccc(-c3cccc(-c4ccc5c6ccccc6n(-c6cc(-c7ccccc7)cc(-c7ccccc7)c6)c5c4)c3)cc21. The lowest BCUT2D eigenvalue weighted by atomic mass is 9.81. The Morgan fingerprint density at radius 3 is 1.58 bits per heavy atom. The van der Waals surface area contributed by atoms with Crippen molar-refractivity contribution in [3.8, 4) is 61.3 Å². The Morgan fingerprint density at radius 1 is 0.327 bits per heavy atom. The molecule has 8 aromatic carbocycles. The second-order valence-corrected chi connectivity index (χ2v) is 14.6. The third kappa shape index (κ3) is 4.85. The van der Waals surface area contributed by atoms with Gasteiger partial charge in [0.1, 0.15) is 0 Å². The lowest BCUT2D eigenvalue weighted by Gasteiger charge is -2.22. The Bertz CT molecular complexity index is 2740. The summed E-state index contributed by atoms with van der Waals surface area (Å²) < 4.78 is 2.46. The van der Waals surface area contributed by atoms with Crippen molar-refractivity contribution >= 4 is 21.8 Å². The first-order valence-electron chi connectivity index (χ1n) is 18.2. The quantitative estimate of drug-likeness (QED) is 0.173. The van der Waals surface area contributed by atoms with Crippen LogP contribution in [0.3, 0.4) is 0 Å². The Kier molecular flexibility index (Phi) is 6.91. The zero-order valence-electron chi connectivity index (χ0n) is 29.3. The fourth-order valence-corrected chi connectivity index (χ4v) is 8.53. The largest absolute Gasteiger partial charge is 0.309 e. The van der Waals surface area contributed by atoms with Gasteiger partial charge in [0.2, 0.25) is 0 Å². The van der Waals surface area contributed by atoms with E-state index in [1.165, 1.54) is 88.6 Å². The van der Waals surface area contributed by atoms with Gasteiger partial charge in [0, 0.05) is 21.9 Å². The van der Waals surface area contributed by atoms with E-state index in [1.54, 1.807) is 0 Å². The van der Waals surface area contributed by atoms with Gasteiger partial charge < -0.3 is 4.57 Å². The predicted molar refractivity (Wildman–Crippen MR) is 220 cm³/mol. The predicted octanol–water partition coefficient (Wildman–Crippen LogP) is 13.8.